The highest BCUT2D eigenvalue weighted by Crippen LogP contribution is 2.27. The number of benzene rings is 1. The highest BCUT2D eigenvalue weighted by molar-refractivity contribution is 5.75. The number of aromatic nitrogens is 6. The fraction of sp³-hybridized carbons (Fsp3) is 0.133. The number of rotatable bonds is 2. The first-order chi connectivity index (χ1) is 13.2. The summed E-state index contributed by atoms with van der Waals surface area (Å²) in [7, 11) is 0. The van der Waals surface area contributed by atoms with Crippen LogP contribution in [0.3, 0.4) is 0 Å². The molecule has 0 bridgehead atoms. The molecule has 0 spiro atoms. The van der Waals surface area contributed by atoms with E-state index in [4.69, 9.17) is 0 Å². The van der Waals surface area contributed by atoms with E-state index in [0.29, 0.717) is 5.56 Å². The van der Waals surface area contributed by atoms with E-state index in [0.717, 1.165) is 9.08 Å². The molecule has 4 rings (SSSR count). The van der Waals surface area contributed by atoms with Gasteiger partial charge in [-0.2, -0.15) is 22.7 Å². The summed E-state index contributed by atoms with van der Waals surface area (Å²) >= 11 is 0. The van der Waals surface area contributed by atoms with Gasteiger partial charge >= 0.3 is 6.18 Å². The molecule has 0 atom stereocenters. The molecule has 0 saturated carbocycles. The van der Waals surface area contributed by atoms with Crippen molar-refractivity contribution in [1.29, 1.82) is 0 Å². The van der Waals surface area contributed by atoms with Crippen molar-refractivity contribution >= 4 is 22.5 Å². The fourth-order valence-electron chi connectivity index (χ4n) is 2.69. The number of aryl methyl sites for hydroxylation is 1. The van der Waals surface area contributed by atoms with E-state index in [-0.39, 0.29) is 22.4 Å². The molecule has 1 aromatic carbocycles. The van der Waals surface area contributed by atoms with Gasteiger partial charge in [0, 0.05) is 18.3 Å². The molecule has 0 fully saturated rings. The van der Waals surface area contributed by atoms with E-state index < -0.39 is 28.3 Å². The molecule has 10 nitrogen and oxygen atoms in total. The van der Waals surface area contributed by atoms with E-state index in [9.17, 15) is 28.1 Å². The molecule has 0 aliphatic heterocycles. The molecule has 3 heterocycles. The van der Waals surface area contributed by atoms with Gasteiger partial charge in [0.05, 0.1) is 10.6 Å². The summed E-state index contributed by atoms with van der Waals surface area (Å²) in [5.41, 5.74) is -0.435. The van der Waals surface area contributed by atoms with Crippen LogP contribution in [0.15, 0.2) is 35.3 Å². The number of pyridine rings is 1. The van der Waals surface area contributed by atoms with Crippen LogP contribution in [0.4, 0.5) is 18.9 Å². The molecule has 28 heavy (non-hydrogen) atoms. The zero-order chi connectivity index (χ0) is 20.2. The lowest BCUT2D eigenvalue weighted by molar-refractivity contribution is -0.384. The Labute approximate surface area is 152 Å². The maximum absolute atomic E-state index is 12.8. The van der Waals surface area contributed by atoms with Gasteiger partial charge in [-0.3, -0.25) is 19.5 Å². The fourth-order valence-corrected chi connectivity index (χ4v) is 2.69. The lowest BCUT2D eigenvalue weighted by atomic mass is 10.1. The molecule has 3 aromatic heterocycles. The van der Waals surface area contributed by atoms with Crippen molar-refractivity contribution in [3.63, 3.8) is 0 Å². The molecular weight excluding hydrogens is 383 g/mol. The van der Waals surface area contributed by atoms with Crippen LogP contribution in [0.25, 0.3) is 22.5 Å². The number of fused-ring (bicyclic) bond motifs is 3. The number of hydrogen-bond donors (Lipinski definition) is 0. The van der Waals surface area contributed by atoms with Crippen molar-refractivity contribution < 1.29 is 18.1 Å². The molecule has 0 saturated heterocycles. The highest BCUT2D eigenvalue weighted by atomic mass is 19.4. The predicted octanol–water partition coefficient (Wildman–Crippen LogP) is 2.06. The van der Waals surface area contributed by atoms with Gasteiger partial charge in [0.15, 0.2) is 5.52 Å². The number of halogens is 3. The van der Waals surface area contributed by atoms with Crippen molar-refractivity contribution in [2.75, 3.05) is 0 Å². The molecule has 4 aromatic rings. The number of nitro groups is 1. The molecule has 0 amide bonds. The van der Waals surface area contributed by atoms with Gasteiger partial charge in [-0.15, -0.1) is 15.3 Å². The second-order valence-electron chi connectivity index (χ2n) is 5.80. The standard InChI is InChI=1S/C15H8F3N7O3/c1-7-2-3-8(25(27)28)6-10(7)23-5-4-9-11(12(23)26)20-21-14-19-13(15(16,17)18)22-24(9)14/h2-6H,1H3. The summed E-state index contributed by atoms with van der Waals surface area (Å²) in [6.07, 6.45) is -3.51. The van der Waals surface area contributed by atoms with Gasteiger partial charge in [0.2, 0.25) is 0 Å². The average Bonchev–Trinajstić information content (AvgIpc) is 3.08. The minimum atomic E-state index is -4.78. The molecule has 0 N–H and O–H groups in total. The Kier molecular flexibility index (Phi) is 3.63. The number of alkyl halides is 3. The molecular formula is C15H8F3N7O3. The Morgan fingerprint density at radius 3 is 2.61 bits per heavy atom. The summed E-state index contributed by atoms with van der Waals surface area (Å²) in [5.74, 6) is -1.82. The van der Waals surface area contributed by atoms with Gasteiger partial charge < -0.3 is 0 Å². The summed E-state index contributed by atoms with van der Waals surface area (Å²) in [6, 6.07) is 5.30. The van der Waals surface area contributed by atoms with Crippen LogP contribution in [0.5, 0.6) is 0 Å². The molecule has 0 radical (unpaired) electrons. The van der Waals surface area contributed by atoms with Gasteiger partial charge in [-0.1, -0.05) is 6.07 Å². The maximum Gasteiger partial charge on any atom is 0.453 e. The largest absolute Gasteiger partial charge is 0.453 e. The minimum Gasteiger partial charge on any atom is -0.282 e. The van der Waals surface area contributed by atoms with Crippen molar-refractivity contribution in [3.8, 4) is 5.69 Å². The zero-order valence-electron chi connectivity index (χ0n) is 13.9. The normalized spacial score (nSPS) is 12.0. The first-order valence-electron chi connectivity index (χ1n) is 7.64. The Bertz CT molecular complexity index is 1330. The predicted molar refractivity (Wildman–Crippen MR) is 88.1 cm³/mol. The summed E-state index contributed by atoms with van der Waals surface area (Å²) < 4.78 is 40.4. The topological polar surface area (TPSA) is 121 Å². The summed E-state index contributed by atoms with van der Waals surface area (Å²) in [4.78, 5) is 26.5. The van der Waals surface area contributed by atoms with E-state index in [1.54, 1.807) is 6.92 Å². The first-order valence-corrected chi connectivity index (χ1v) is 7.64. The lowest BCUT2D eigenvalue weighted by Crippen LogP contribution is -2.21. The van der Waals surface area contributed by atoms with Crippen molar-refractivity contribution in [3.05, 3.63) is 62.3 Å². The van der Waals surface area contributed by atoms with Gasteiger partial charge in [-0.25, -0.2) is 0 Å². The number of nitrogens with zero attached hydrogens (tertiary/aromatic N) is 7. The van der Waals surface area contributed by atoms with Crippen molar-refractivity contribution in [2.45, 2.75) is 13.1 Å². The van der Waals surface area contributed by atoms with Crippen molar-refractivity contribution in [1.82, 2.24) is 29.4 Å². The molecule has 0 aliphatic carbocycles. The lowest BCUT2D eigenvalue weighted by Gasteiger charge is -2.09. The Balaban J connectivity index is 1.98. The van der Waals surface area contributed by atoms with Crippen LogP contribution in [-0.4, -0.2) is 34.3 Å². The molecule has 142 valence electrons. The Morgan fingerprint density at radius 2 is 1.93 bits per heavy atom. The van der Waals surface area contributed by atoms with E-state index >= 15 is 0 Å². The SMILES string of the molecule is Cc1ccc([N+](=O)[O-])cc1-n1ccc2c(nnc3nc(C(F)(F)F)nn32)c1=O. The number of non-ortho nitro benzene ring substituents is 1. The van der Waals surface area contributed by atoms with E-state index in [2.05, 4.69) is 20.3 Å². The minimum absolute atomic E-state index is 0.0302. The third-order valence-electron chi connectivity index (χ3n) is 4.02. The van der Waals surface area contributed by atoms with E-state index in [1.165, 1.54) is 30.5 Å². The average molecular weight is 391 g/mol. The Hall–Kier alpha value is -3.90. The smallest absolute Gasteiger partial charge is 0.282 e. The van der Waals surface area contributed by atoms with Crippen LogP contribution in [0, 0.1) is 17.0 Å². The van der Waals surface area contributed by atoms with Crippen LogP contribution < -0.4 is 5.56 Å². The van der Waals surface area contributed by atoms with E-state index in [1.807, 2.05) is 0 Å². The van der Waals surface area contributed by atoms with Crippen LogP contribution in [0.2, 0.25) is 0 Å². The van der Waals surface area contributed by atoms with Crippen LogP contribution in [-0.2, 0) is 6.18 Å². The molecule has 0 unspecified atom stereocenters. The summed E-state index contributed by atoms with van der Waals surface area (Å²) in [6.45, 7) is 1.65. The highest BCUT2D eigenvalue weighted by Gasteiger charge is 2.37. The maximum atomic E-state index is 12.8. The Morgan fingerprint density at radius 1 is 1.18 bits per heavy atom. The number of nitro benzene ring substituents is 1. The molecule has 0 aliphatic rings. The third kappa shape index (κ3) is 2.64. The second-order valence-corrected chi connectivity index (χ2v) is 5.80. The van der Waals surface area contributed by atoms with Gasteiger partial charge in [0.1, 0.15) is 5.52 Å². The van der Waals surface area contributed by atoms with Gasteiger partial charge in [0.25, 0.3) is 22.8 Å². The second kappa shape index (κ2) is 5.80. The number of hydrogen-bond acceptors (Lipinski definition) is 7. The van der Waals surface area contributed by atoms with Crippen molar-refractivity contribution in [2.24, 2.45) is 0 Å². The summed E-state index contributed by atoms with van der Waals surface area (Å²) in [5, 5.41) is 21.6. The zero-order valence-corrected chi connectivity index (χ0v) is 13.9. The monoisotopic (exact) mass is 391 g/mol. The third-order valence-corrected chi connectivity index (χ3v) is 4.02. The molecule has 13 heteroatoms. The van der Waals surface area contributed by atoms with Crippen LogP contribution >= 0.6 is 0 Å². The van der Waals surface area contributed by atoms with Gasteiger partial charge in [-0.05, 0) is 18.6 Å². The first kappa shape index (κ1) is 17.5. The van der Waals surface area contributed by atoms with Crippen LogP contribution in [0.1, 0.15) is 11.4 Å². The quantitative estimate of drug-likeness (QED) is 0.379.